The fraction of sp³-hybridized carbons (Fsp3) is 0.458. The van der Waals surface area contributed by atoms with Crippen LogP contribution in [0.4, 0.5) is 20.3 Å². The Bertz CT molecular complexity index is 1040. The minimum Gasteiger partial charge on any atom is -0.478 e. The Labute approximate surface area is 197 Å². The Balaban J connectivity index is 1.24. The second kappa shape index (κ2) is 10.2. The van der Waals surface area contributed by atoms with E-state index in [0.717, 1.165) is 60.2 Å². The maximum absolute atomic E-state index is 12.6. The van der Waals surface area contributed by atoms with Crippen molar-refractivity contribution in [2.24, 2.45) is 5.92 Å². The maximum atomic E-state index is 12.6. The van der Waals surface area contributed by atoms with Crippen molar-refractivity contribution in [1.82, 2.24) is 10.2 Å². The van der Waals surface area contributed by atoms with Crippen molar-refractivity contribution in [1.29, 1.82) is 0 Å². The average Bonchev–Trinajstić information content (AvgIpc) is 3.17. The topological polar surface area (TPSA) is 111 Å². The number of aromatic carboxylic acids is 1. The number of hydrogen-bond donors (Lipinski definition) is 4. The largest absolute Gasteiger partial charge is 0.478 e. The Morgan fingerprint density at radius 3 is 2.55 bits per heavy atom. The van der Waals surface area contributed by atoms with Gasteiger partial charge in [0.25, 0.3) is 0 Å². The number of carboxylic acid groups (broad SMARTS) is 1. The summed E-state index contributed by atoms with van der Waals surface area (Å²) in [6, 6.07) is 7.21. The molecule has 33 heavy (non-hydrogen) atoms. The van der Waals surface area contributed by atoms with E-state index in [4.69, 9.17) is 0 Å². The van der Waals surface area contributed by atoms with Gasteiger partial charge < -0.3 is 20.6 Å². The molecule has 9 heteroatoms. The number of para-hydroxylation sites is 1. The second-order valence-electron chi connectivity index (χ2n) is 8.73. The summed E-state index contributed by atoms with van der Waals surface area (Å²) >= 11 is 1.38. The highest BCUT2D eigenvalue weighted by Gasteiger charge is 2.27. The molecule has 4 N–H and O–H groups in total. The summed E-state index contributed by atoms with van der Waals surface area (Å²) in [5.74, 6) is -0.713. The van der Waals surface area contributed by atoms with E-state index >= 15 is 0 Å². The minimum absolute atomic E-state index is 0.101. The van der Waals surface area contributed by atoms with Crippen molar-refractivity contribution in [3.05, 3.63) is 45.8 Å². The number of hydrogen-bond acceptors (Lipinski definition) is 4. The van der Waals surface area contributed by atoms with Gasteiger partial charge in [-0.3, -0.25) is 5.32 Å². The molecule has 1 aliphatic heterocycles. The lowest BCUT2D eigenvalue weighted by Crippen LogP contribution is -2.43. The van der Waals surface area contributed by atoms with Crippen molar-refractivity contribution in [2.45, 2.75) is 45.4 Å². The van der Waals surface area contributed by atoms with Crippen molar-refractivity contribution < 1.29 is 19.5 Å². The Hall–Kier alpha value is -3.07. The summed E-state index contributed by atoms with van der Waals surface area (Å²) < 4.78 is 0. The summed E-state index contributed by atoms with van der Waals surface area (Å²) in [7, 11) is 0. The average molecular weight is 471 g/mol. The highest BCUT2D eigenvalue weighted by atomic mass is 32.1. The van der Waals surface area contributed by atoms with Crippen LogP contribution in [-0.4, -0.2) is 47.7 Å². The van der Waals surface area contributed by atoms with Gasteiger partial charge in [-0.1, -0.05) is 18.2 Å². The number of anilines is 2. The predicted octanol–water partition coefficient (Wildman–Crippen LogP) is 4.70. The number of nitrogens with one attached hydrogen (secondary N) is 3. The van der Waals surface area contributed by atoms with Crippen LogP contribution < -0.4 is 16.0 Å². The number of benzene rings is 1. The highest BCUT2D eigenvalue weighted by molar-refractivity contribution is 7.17. The van der Waals surface area contributed by atoms with Crippen LogP contribution in [0.1, 0.15) is 52.0 Å². The molecule has 2 aromatic rings. The highest BCUT2D eigenvalue weighted by Crippen LogP contribution is 2.38. The summed E-state index contributed by atoms with van der Waals surface area (Å²) in [6.45, 7) is 3.72. The molecule has 4 amide bonds. The molecule has 1 aromatic heterocycles. The molecule has 2 aliphatic rings. The number of rotatable bonds is 5. The van der Waals surface area contributed by atoms with Crippen molar-refractivity contribution >= 4 is 40.1 Å². The first-order valence-corrected chi connectivity index (χ1v) is 12.3. The van der Waals surface area contributed by atoms with Crippen LogP contribution in [-0.2, 0) is 12.8 Å². The van der Waals surface area contributed by atoms with Crippen LogP contribution in [0, 0.1) is 12.8 Å². The van der Waals surface area contributed by atoms with Crippen LogP contribution in [0.15, 0.2) is 24.3 Å². The number of nitrogens with zero attached hydrogens (tertiary/aromatic N) is 1. The van der Waals surface area contributed by atoms with Crippen molar-refractivity contribution in [3.63, 3.8) is 0 Å². The van der Waals surface area contributed by atoms with E-state index in [-0.39, 0.29) is 23.5 Å². The number of fused-ring (bicyclic) bond motifs is 1. The lowest BCUT2D eigenvalue weighted by Gasteiger charge is -2.32. The minimum atomic E-state index is -0.985. The van der Waals surface area contributed by atoms with Gasteiger partial charge in [0, 0.05) is 30.2 Å². The second-order valence-corrected chi connectivity index (χ2v) is 9.84. The molecule has 1 fully saturated rings. The summed E-state index contributed by atoms with van der Waals surface area (Å²) in [4.78, 5) is 39.7. The number of carboxylic acids is 1. The third-order valence-electron chi connectivity index (χ3n) is 6.45. The number of thiophene rings is 1. The fourth-order valence-electron chi connectivity index (χ4n) is 4.51. The van der Waals surface area contributed by atoms with Crippen LogP contribution >= 0.6 is 11.3 Å². The first-order valence-electron chi connectivity index (χ1n) is 11.5. The van der Waals surface area contributed by atoms with Gasteiger partial charge in [-0.15, -0.1) is 11.3 Å². The normalized spacial score (nSPS) is 16.1. The van der Waals surface area contributed by atoms with Gasteiger partial charge in [-0.2, -0.15) is 0 Å². The van der Waals surface area contributed by atoms with Gasteiger partial charge in [0.15, 0.2) is 0 Å². The fourth-order valence-corrected chi connectivity index (χ4v) is 5.79. The summed E-state index contributed by atoms with van der Waals surface area (Å²) in [5, 5.41) is 18.7. The molecule has 0 unspecified atom stereocenters. The molecule has 2 heterocycles. The molecule has 1 aliphatic carbocycles. The lowest BCUT2D eigenvalue weighted by atomic mass is 9.95. The maximum Gasteiger partial charge on any atom is 0.339 e. The van der Waals surface area contributed by atoms with Gasteiger partial charge in [-0.05, 0) is 68.6 Å². The zero-order valence-corrected chi connectivity index (χ0v) is 19.6. The molecule has 0 spiro atoms. The van der Waals surface area contributed by atoms with Gasteiger partial charge in [0.1, 0.15) is 5.00 Å². The molecule has 0 saturated carbocycles. The predicted molar refractivity (Wildman–Crippen MR) is 129 cm³/mol. The standard InChI is InChI=1S/C24H30N4O4S/c1-15-6-2-4-8-18(15)26-24(32)28-12-10-16(11-13-28)14-25-23(31)27-21-20(22(29)30)17-7-3-5-9-19(17)33-21/h2,4,6,8,16H,3,5,7,9-14H2,1H3,(H,26,32)(H,29,30)(H2,25,27,31). The number of urea groups is 2. The van der Waals surface area contributed by atoms with Gasteiger partial charge >= 0.3 is 18.0 Å². The molecule has 1 aromatic carbocycles. The van der Waals surface area contributed by atoms with E-state index in [9.17, 15) is 19.5 Å². The van der Waals surface area contributed by atoms with Crippen LogP contribution in [0.2, 0.25) is 0 Å². The van der Waals surface area contributed by atoms with E-state index in [1.807, 2.05) is 31.2 Å². The molecule has 8 nitrogen and oxygen atoms in total. The molecule has 4 rings (SSSR count). The zero-order chi connectivity index (χ0) is 23.4. The first kappa shape index (κ1) is 23.1. The molecule has 0 bridgehead atoms. The number of piperidine rings is 1. The first-order chi connectivity index (χ1) is 15.9. The number of carbonyl (C=O) groups excluding carboxylic acids is 2. The van der Waals surface area contributed by atoms with Gasteiger partial charge in [0.05, 0.1) is 5.56 Å². The molecule has 0 atom stereocenters. The number of likely N-dealkylation sites (tertiary alicyclic amines) is 1. The lowest BCUT2D eigenvalue weighted by molar-refractivity contribution is 0.0697. The van der Waals surface area contributed by atoms with Gasteiger partial charge in [0.2, 0.25) is 0 Å². The molecule has 176 valence electrons. The smallest absolute Gasteiger partial charge is 0.339 e. The van der Waals surface area contributed by atoms with E-state index in [1.54, 1.807) is 4.90 Å². The van der Waals surface area contributed by atoms with Crippen LogP contribution in [0.5, 0.6) is 0 Å². The van der Waals surface area contributed by atoms with E-state index in [1.165, 1.54) is 11.3 Å². The summed E-state index contributed by atoms with van der Waals surface area (Å²) in [6.07, 6.45) is 5.27. The van der Waals surface area contributed by atoms with E-state index < -0.39 is 5.97 Å². The van der Waals surface area contributed by atoms with Crippen molar-refractivity contribution in [3.8, 4) is 0 Å². The number of amides is 4. The Morgan fingerprint density at radius 2 is 1.82 bits per heavy atom. The van der Waals surface area contributed by atoms with Gasteiger partial charge in [-0.25, -0.2) is 14.4 Å². The quantitative estimate of drug-likeness (QED) is 0.508. The Morgan fingerprint density at radius 1 is 1.09 bits per heavy atom. The molecular formula is C24H30N4O4S. The summed E-state index contributed by atoms with van der Waals surface area (Å²) in [5.41, 5.74) is 2.97. The molecular weight excluding hydrogens is 440 g/mol. The third-order valence-corrected chi connectivity index (χ3v) is 7.66. The molecule has 0 radical (unpaired) electrons. The Kier molecular flexibility index (Phi) is 7.17. The molecule has 1 saturated heterocycles. The number of aryl methyl sites for hydroxylation is 2. The van der Waals surface area contributed by atoms with E-state index in [0.29, 0.717) is 24.6 Å². The van der Waals surface area contributed by atoms with E-state index in [2.05, 4.69) is 16.0 Å². The zero-order valence-electron chi connectivity index (χ0n) is 18.8. The number of carbonyl (C=O) groups is 3. The third kappa shape index (κ3) is 5.47. The SMILES string of the molecule is Cc1ccccc1NC(=O)N1CCC(CNC(=O)Nc2sc3c(c2C(=O)O)CCCC3)CC1. The van der Waals surface area contributed by atoms with Crippen LogP contribution in [0.3, 0.4) is 0 Å². The van der Waals surface area contributed by atoms with Crippen molar-refractivity contribution in [2.75, 3.05) is 30.3 Å². The van der Waals surface area contributed by atoms with Crippen LogP contribution in [0.25, 0.3) is 0 Å². The monoisotopic (exact) mass is 470 g/mol.